The van der Waals surface area contributed by atoms with Crippen LogP contribution in [0.5, 0.6) is 0 Å². The molecule has 0 aromatic carbocycles. The molecule has 0 aliphatic rings. The first-order valence-electron chi connectivity index (χ1n) is 6.24. The minimum atomic E-state index is -3.13. The summed E-state index contributed by atoms with van der Waals surface area (Å²) in [5.41, 5.74) is 1.09. The zero-order valence-corrected chi connectivity index (χ0v) is 12.5. The van der Waals surface area contributed by atoms with E-state index >= 15 is 0 Å². The molecule has 3 nitrogen and oxygen atoms in total. The molecule has 0 heterocycles. The molecule has 100 valence electrons. The van der Waals surface area contributed by atoms with E-state index in [2.05, 4.69) is 6.92 Å². The summed E-state index contributed by atoms with van der Waals surface area (Å²) in [5, 5.41) is 0.683. The molecule has 0 saturated heterocycles. The van der Waals surface area contributed by atoms with E-state index in [1.165, 1.54) is 0 Å². The van der Waals surface area contributed by atoms with E-state index in [1.807, 2.05) is 39.8 Å². The van der Waals surface area contributed by atoms with Crippen molar-refractivity contribution in [3.8, 4) is 0 Å². The first-order valence-corrected chi connectivity index (χ1v) is 7.79. The third-order valence-corrected chi connectivity index (χ3v) is 4.13. The van der Waals surface area contributed by atoms with Gasteiger partial charge in [0.25, 0.3) is 0 Å². The Morgan fingerprint density at radius 1 is 1.12 bits per heavy atom. The molecule has 0 fully saturated rings. The average Bonchev–Trinajstić information content (AvgIpc) is 2.24. The Kier molecular flexibility index (Phi) is 8.49. The molecule has 0 unspecified atom stereocenters. The van der Waals surface area contributed by atoms with Crippen molar-refractivity contribution in [1.29, 1.82) is 0 Å². The molecule has 17 heavy (non-hydrogen) atoms. The number of allylic oxidation sites excluding steroid dienone is 4. The standard InChI is InChI=1S/C13H25O3P/c1-6-9-10-13(11-12(4)5)17(14,15-7-2)16-8-3/h10-11H,6-9H2,1-5H3/b13-10+. The highest BCUT2D eigenvalue weighted by Gasteiger charge is 2.27. The van der Waals surface area contributed by atoms with Crippen molar-refractivity contribution in [3.63, 3.8) is 0 Å². The van der Waals surface area contributed by atoms with Crippen LogP contribution in [0.1, 0.15) is 47.5 Å². The predicted octanol–water partition coefficient (Wildman–Crippen LogP) is 4.90. The van der Waals surface area contributed by atoms with Crippen LogP contribution in [0.2, 0.25) is 0 Å². The van der Waals surface area contributed by atoms with Gasteiger partial charge in [-0.1, -0.05) is 25.0 Å². The van der Waals surface area contributed by atoms with E-state index in [0.29, 0.717) is 18.5 Å². The van der Waals surface area contributed by atoms with Crippen molar-refractivity contribution in [2.75, 3.05) is 13.2 Å². The second-order valence-electron chi connectivity index (χ2n) is 3.97. The molecule has 0 rings (SSSR count). The Bertz CT molecular complexity index is 305. The van der Waals surface area contributed by atoms with E-state index in [4.69, 9.17) is 9.05 Å². The highest BCUT2D eigenvalue weighted by molar-refractivity contribution is 7.58. The van der Waals surface area contributed by atoms with Gasteiger partial charge in [-0.25, -0.2) is 0 Å². The number of hydrogen-bond acceptors (Lipinski definition) is 3. The van der Waals surface area contributed by atoms with Gasteiger partial charge in [-0.15, -0.1) is 0 Å². The molecule has 0 aromatic rings. The molecule has 0 aliphatic carbocycles. The van der Waals surface area contributed by atoms with Crippen molar-refractivity contribution in [1.82, 2.24) is 0 Å². The fourth-order valence-electron chi connectivity index (χ4n) is 1.36. The van der Waals surface area contributed by atoms with Crippen LogP contribution >= 0.6 is 7.60 Å². The van der Waals surface area contributed by atoms with Gasteiger partial charge in [0.2, 0.25) is 0 Å². The Labute approximate surface area is 105 Å². The summed E-state index contributed by atoms with van der Waals surface area (Å²) < 4.78 is 23.3. The molecule has 0 radical (unpaired) electrons. The molecule has 0 aromatic heterocycles. The minimum Gasteiger partial charge on any atom is -0.306 e. The van der Waals surface area contributed by atoms with E-state index in [-0.39, 0.29) is 0 Å². The largest absolute Gasteiger partial charge is 0.360 e. The first kappa shape index (κ1) is 16.6. The van der Waals surface area contributed by atoms with Gasteiger partial charge in [0.05, 0.1) is 18.5 Å². The van der Waals surface area contributed by atoms with Crippen molar-refractivity contribution < 1.29 is 13.6 Å². The lowest BCUT2D eigenvalue weighted by Gasteiger charge is -2.18. The molecule has 0 atom stereocenters. The smallest absolute Gasteiger partial charge is 0.306 e. The van der Waals surface area contributed by atoms with E-state index < -0.39 is 7.60 Å². The Hall–Kier alpha value is -0.370. The molecule has 4 heteroatoms. The average molecular weight is 260 g/mol. The lowest BCUT2D eigenvalue weighted by Crippen LogP contribution is -1.98. The maximum Gasteiger partial charge on any atom is 0.360 e. The maximum atomic E-state index is 12.6. The SMILES string of the molecule is CCC/C=C(\C=C(C)C)P(=O)(OCC)OCC. The second-order valence-corrected chi connectivity index (χ2v) is 6.00. The highest BCUT2D eigenvalue weighted by atomic mass is 31.2. The van der Waals surface area contributed by atoms with Gasteiger partial charge in [0.15, 0.2) is 0 Å². The van der Waals surface area contributed by atoms with E-state index in [0.717, 1.165) is 18.4 Å². The third-order valence-electron chi connectivity index (χ3n) is 1.99. The van der Waals surface area contributed by atoms with Gasteiger partial charge in [0.1, 0.15) is 0 Å². The fraction of sp³-hybridized carbons (Fsp3) is 0.692. The second kappa shape index (κ2) is 8.68. The maximum absolute atomic E-state index is 12.6. The normalized spacial score (nSPS) is 12.6. The van der Waals surface area contributed by atoms with Crippen molar-refractivity contribution in [2.24, 2.45) is 0 Å². The summed E-state index contributed by atoms with van der Waals surface area (Å²) in [6.45, 7) is 10.5. The van der Waals surface area contributed by atoms with Crippen molar-refractivity contribution >= 4 is 7.60 Å². The van der Waals surface area contributed by atoms with Crippen molar-refractivity contribution in [3.05, 3.63) is 23.0 Å². The number of hydrogen-bond donors (Lipinski definition) is 0. The van der Waals surface area contributed by atoms with E-state index in [1.54, 1.807) is 0 Å². The molecular formula is C13H25O3P. The van der Waals surface area contributed by atoms with Crippen LogP contribution in [0.25, 0.3) is 0 Å². The van der Waals surface area contributed by atoms with Gasteiger partial charge in [-0.05, 0) is 40.2 Å². The fourth-order valence-corrected chi connectivity index (χ4v) is 3.19. The number of rotatable bonds is 8. The van der Waals surface area contributed by atoms with Gasteiger partial charge < -0.3 is 9.05 Å². The summed E-state index contributed by atoms with van der Waals surface area (Å²) in [4.78, 5) is 0. The first-order chi connectivity index (χ1) is 8.00. The summed E-state index contributed by atoms with van der Waals surface area (Å²) in [7, 11) is -3.13. The summed E-state index contributed by atoms with van der Waals surface area (Å²) in [5.74, 6) is 0. The molecule has 0 spiro atoms. The highest BCUT2D eigenvalue weighted by Crippen LogP contribution is 2.56. The Morgan fingerprint density at radius 2 is 1.65 bits per heavy atom. The summed E-state index contributed by atoms with van der Waals surface area (Å²) in [6, 6.07) is 0. The van der Waals surface area contributed by atoms with Crippen LogP contribution in [0, 0.1) is 0 Å². The molecule has 0 aliphatic heterocycles. The van der Waals surface area contributed by atoms with Crippen LogP contribution in [-0.4, -0.2) is 13.2 Å². The topological polar surface area (TPSA) is 35.5 Å². The van der Waals surface area contributed by atoms with Crippen LogP contribution in [0.3, 0.4) is 0 Å². The van der Waals surface area contributed by atoms with Gasteiger partial charge in [-0.3, -0.25) is 4.57 Å². The lowest BCUT2D eigenvalue weighted by atomic mass is 10.2. The quantitative estimate of drug-likeness (QED) is 0.460. The zero-order chi connectivity index (χ0) is 13.3. The molecular weight excluding hydrogens is 235 g/mol. The van der Waals surface area contributed by atoms with Crippen LogP contribution in [-0.2, 0) is 13.6 Å². The van der Waals surface area contributed by atoms with E-state index in [9.17, 15) is 4.57 Å². The zero-order valence-electron chi connectivity index (χ0n) is 11.7. The summed E-state index contributed by atoms with van der Waals surface area (Å²) in [6.07, 6.45) is 5.74. The number of unbranched alkanes of at least 4 members (excludes halogenated alkanes) is 1. The molecule has 0 saturated carbocycles. The van der Waals surface area contributed by atoms with Gasteiger partial charge in [0, 0.05) is 0 Å². The van der Waals surface area contributed by atoms with Crippen LogP contribution < -0.4 is 0 Å². The Balaban J connectivity index is 5.21. The van der Waals surface area contributed by atoms with Crippen LogP contribution in [0.4, 0.5) is 0 Å². The molecule has 0 N–H and O–H groups in total. The monoisotopic (exact) mass is 260 g/mol. The molecule has 0 amide bonds. The van der Waals surface area contributed by atoms with Gasteiger partial charge in [-0.2, -0.15) is 0 Å². The van der Waals surface area contributed by atoms with Crippen molar-refractivity contribution in [2.45, 2.75) is 47.5 Å². The minimum absolute atomic E-state index is 0.386. The third kappa shape index (κ3) is 6.21. The lowest BCUT2D eigenvalue weighted by molar-refractivity contribution is 0.227. The summed E-state index contributed by atoms with van der Waals surface area (Å²) >= 11 is 0. The Morgan fingerprint density at radius 3 is 2.00 bits per heavy atom. The predicted molar refractivity (Wildman–Crippen MR) is 73.3 cm³/mol. The van der Waals surface area contributed by atoms with Crippen LogP contribution in [0.15, 0.2) is 23.0 Å². The molecule has 0 bridgehead atoms. The van der Waals surface area contributed by atoms with Gasteiger partial charge >= 0.3 is 7.60 Å².